The van der Waals surface area contributed by atoms with Gasteiger partial charge in [0.2, 0.25) is 0 Å². The maximum atomic E-state index is 12.3. The third kappa shape index (κ3) is 2.44. The number of hydrogen-bond donors (Lipinski definition) is 0. The fourth-order valence-corrected chi connectivity index (χ4v) is 1.07. The van der Waals surface area contributed by atoms with E-state index in [4.69, 9.17) is 0 Å². The van der Waals surface area contributed by atoms with Crippen LogP contribution in [0.15, 0.2) is 18.2 Å². The molecule has 0 fully saturated rings. The van der Waals surface area contributed by atoms with Gasteiger partial charge >= 0.3 is 6.18 Å². The number of alkyl halides is 5. The lowest BCUT2D eigenvalue weighted by molar-refractivity contribution is -0.386. The highest BCUT2D eigenvalue weighted by atomic mass is 19.4. The molecule has 0 N–H and O–H groups in total. The van der Waals surface area contributed by atoms with Gasteiger partial charge in [0.15, 0.2) is 0 Å². The van der Waals surface area contributed by atoms with Crippen molar-refractivity contribution in [3.63, 3.8) is 0 Å². The molecule has 0 radical (unpaired) electrons. The molecule has 0 aliphatic heterocycles. The van der Waals surface area contributed by atoms with Crippen LogP contribution in [-0.2, 0) is 6.18 Å². The molecule has 1 rings (SSSR count). The molecule has 0 unspecified atom stereocenters. The van der Waals surface area contributed by atoms with E-state index in [1.807, 2.05) is 0 Å². The van der Waals surface area contributed by atoms with Crippen LogP contribution < -0.4 is 0 Å². The summed E-state index contributed by atoms with van der Waals surface area (Å²) in [7, 11) is 0. The average Bonchev–Trinajstić information content (AvgIpc) is 2.15. The monoisotopic (exact) mass is 241 g/mol. The molecule has 0 atom stereocenters. The van der Waals surface area contributed by atoms with Crippen LogP contribution in [0.5, 0.6) is 0 Å². The summed E-state index contributed by atoms with van der Waals surface area (Å²) in [6.45, 7) is 0. The molecule has 16 heavy (non-hydrogen) atoms. The largest absolute Gasteiger partial charge is 0.416 e. The Morgan fingerprint density at radius 1 is 1.25 bits per heavy atom. The molecule has 0 spiro atoms. The highest BCUT2D eigenvalue weighted by Gasteiger charge is 2.33. The van der Waals surface area contributed by atoms with Crippen LogP contribution >= 0.6 is 0 Å². The van der Waals surface area contributed by atoms with E-state index in [1.54, 1.807) is 0 Å². The lowest BCUT2D eigenvalue weighted by Gasteiger charge is -2.08. The van der Waals surface area contributed by atoms with Gasteiger partial charge in [0.25, 0.3) is 12.1 Å². The first-order valence-corrected chi connectivity index (χ1v) is 3.87. The van der Waals surface area contributed by atoms with Crippen LogP contribution in [0, 0.1) is 10.1 Å². The van der Waals surface area contributed by atoms with Crippen molar-refractivity contribution in [2.24, 2.45) is 0 Å². The number of nitrogens with zero attached hydrogens (tertiary/aromatic N) is 1. The van der Waals surface area contributed by atoms with Gasteiger partial charge in [-0.1, -0.05) is 0 Å². The van der Waals surface area contributed by atoms with Crippen molar-refractivity contribution in [3.8, 4) is 0 Å². The third-order valence-electron chi connectivity index (χ3n) is 1.79. The second-order valence-corrected chi connectivity index (χ2v) is 2.83. The highest BCUT2D eigenvalue weighted by Crippen LogP contribution is 2.35. The molecule has 0 aromatic heterocycles. The van der Waals surface area contributed by atoms with E-state index < -0.39 is 34.3 Å². The molecule has 0 amide bonds. The Balaban J connectivity index is 3.34. The van der Waals surface area contributed by atoms with Gasteiger partial charge in [-0.3, -0.25) is 10.1 Å². The standard InChI is InChI=1S/C8H4F5NO2/c9-7(10)5-3-4(8(11,12)13)1-2-6(5)14(15)16/h1-3,7H. The zero-order valence-corrected chi connectivity index (χ0v) is 7.46. The average molecular weight is 241 g/mol. The van der Waals surface area contributed by atoms with Gasteiger partial charge < -0.3 is 0 Å². The first kappa shape index (κ1) is 12.3. The maximum Gasteiger partial charge on any atom is 0.416 e. The fourth-order valence-electron chi connectivity index (χ4n) is 1.07. The van der Waals surface area contributed by atoms with Crippen molar-refractivity contribution >= 4 is 5.69 Å². The van der Waals surface area contributed by atoms with E-state index in [9.17, 15) is 32.1 Å². The van der Waals surface area contributed by atoms with Gasteiger partial charge in [0, 0.05) is 6.07 Å². The number of nitro groups is 1. The minimum Gasteiger partial charge on any atom is -0.258 e. The van der Waals surface area contributed by atoms with Crippen molar-refractivity contribution in [1.82, 2.24) is 0 Å². The van der Waals surface area contributed by atoms with Gasteiger partial charge in [-0.25, -0.2) is 8.78 Å². The molecule has 1 aromatic carbocycles. The predicted octanol–water partition coefficient (Wildman–Crippen LogP) is 3.55. The Bertz CT molecular complexity index is 415. The van der Waals surface area contributed by atoms with Crippen molar-refractivity contribution in [2.75, 3.05) is 0 Å². The van der Waals surface area contributed by atoms with Crippen molar-refractivity contribution in [2.45, 2.75) is 12.6 Å². The number of hydrogen-bond acceptors (Lipinski definition) is 2. The number of nitro benzene ring substituents is 1. The van der Waals surface area contributed by atoms with Crippen molar-refractivity contribution in [1.29, 1.82) is 0 Å². The SMILES string of the molecule is O=[N+]([O-])c1ccc(C(F)(F)F)cc1C(F)F. The third-order valence-corrected chi connectivity index (χ3v) is 1.79. The quantitative estimate of drug-likeness (QED) is 0.451. The summed E-state index contributed by atoms with van der Waals surface area (Å²) >= 11 is 0. The van der Waals surface area contributed by atoms with Crippen molar-refractivity contribution in [3.05, 3.63) is 39.4 Å². The first-order chi connectivity index (χ1) is 7.23. The van der Waals surface area contributed by atoms with E-state index in [0.29, 0.717) is 12.1 Å². The zero-order chi connectivity index (χ0) is 12.5. The first-order valence-electron chi connectivity index (χ1n) is 3.87. The van der Waals surface area contributed by atoms with Crippen LogP contribution in [0.3, 0.4) is 0 Å². The second-order valence-electron chi connectivity index (χ2n) is 2.83. The molecular formula is C8H4F5NO2. The summed E-state index contributed by atoms with van der Waals surface area (Å²) in [6, 6.07) is 0.900. The molecule has 1 aromatic rings. The van der Waals surface area contributed by atoms with Gasteiger partial charge in [0.05, 0.1) is 16.1 Å². The lowest BCUT2D eigenvalue weighted by atomic mass is 10.1. The molecule has 88 valence electrons. The zero-order valence-electron chi connectivity index (χ0n) is 7.46. The maximum absolute atomic E-state index is 12.3. The fraction of sp³-hybridized carbons (Fsp3) is 0.250. The molecule has 0 bridgehead atoms. The summed E-state index contributed by atoms with van der Waals surface area (Å²) < 4.78 is 61.0. The Hall–Kier alpha value is -1.73. The Morgan fingerprint density at radius 2 is 1.81 bits per heavy atom. The van der Waals surface area contributed by atoms with E-state index in [0.717, 1.165) is 0 Å². The Morgan fingerprint density at radius 3 is 2.19 bits per heavy atom. The molecule has 0 aliphatic carbocycles. The van der Waals surface area contributed by atoms with Crippen molar-refractivity contribution < 1.29 is 26.9 Å². The predicted molar refractivity (Wildman–Crippen MR) is 43.1 cm³/mol. The summed E-state index contributed by atoms with van der Waals surface area (Å²) in [5.74, 6) is 0. The van der Waals surface area contributed by atoms with E-state index >= 15 is 0 Å². The summed E-state index contributed by atoms with van der Waals surface area (Å²) in [5, 5.41) is 10.3. The normalized spacial score (nSPS) is 11.9. The molecular weight excluding hydrogens is 237 g/mol. The molecule has 0 saturated carbocycles. The molecule has 0 saturated heterocycles. The van der Waals surface area contributed by atoms with Gasteiger partial charge in [0.1, 0.15) is 0 Å². The number of rotatable bonds is 2. The van der Waals surface area contributed by atoms with Crippen LogP contribution in [0.4, 0.5) is 27.6 Å². The Labute approximate surface area is 85.6 Å². The lowest BCUT2D eigenvalue weighted by Crippen LogP contribution is -2.07. The Kier molecular flexibility index (Phi) is 3.11. The van der Waals surface area contributed by atoms with Crippen LogP contribution in [0.1, 0.15) is 17.6 Å². The van der Waals surface area contributed by atoms with Gasteiger partial charge in [-0.2, -0.15) is 13.2 Å². The molecule has 0 aliphatic rings. The summed E-state index contributed by atoms with van der Waals surface area (Å²) in [6.07, 6.45) is -8.14. The van der Waals surface area contributed by atoms with Crippen LogP contribution in [0.25, 0.3) is 0 Å². The van der Waals surface area contributed by atoms with E-state index in [-0.39, 0.29) is 6.07 Å². The number of benzene rings is 1. The summed E-state index contributed by atoms with van der Waals surface area (Å²) in [4.78, 5) is 9.13. The van der Waals surface area contributed by atoms with Gasteiger partial charge in [-0.15, -0.1) is 0 Å². The minimum atomic E-state index is -4.81. The van der Waals surface area contributed by atoms with E-state index in [1.165, 1.54) is 0 Å². The minimum absolute atomic E-state index is 0.0861. The van der Waals surface area contributed by atoms with E-state index in [2.05, 4.69) is 0 Å². The highest BCUT2D eigenvalue weighted by molar-refractivity contribution is 5.44. The van der Waals surface area contributed by atoms with Crippen LogP contribution in [-0.4, -0.2) is 4.92 Å². The number of halogens is 5. The van der Waals surface area contributed by atoms with Crippen LogP contribution in [0.2, 0.25) is 0 Å². The summed E-state index contributed by atoms with van der Waals surface area (Å²) in [5.41, 5.74) is -3.60. The smallest absolute Gasteiger partial charge is 0.258 e. The molecule has 3 nitrogen and oxygen atoms in total. The second kappa shape index (κ2) is 4.03. The topological polar surface area (TPSA) is 43.1 Å². The van der Waals surface area contributed by atoms with Gasteiger partial charge in [-0.05, 0) is 12.1 Å². The molecule has 8 heteroatoms. The molecule has 0 heterocycles.